The fourth-order valence-corrected chi connectivity index (χ4v) is 2.95. The number of nitrogens with zero attached hydrogens (tertiary/aromatic N) is 3. The number of hydrogen-bond donors (Lipinski definition) is 1. The second kappa shape index (κ2) is 6.52. The SMILES string of the molecule is CNC(=O)C1=NN=C(c2ccc([N+](=O)[O-])cc2)c2cc3c(cc2C1)OCO3. The summed E-state index contributed by atoms with van der Waals surface area (Å²) in [5.41, 5.74) is 2.91. The van der Waals surface area contributed by atoms with Gasteiger partial charge in [0.2, 0.25) is 6.79 Å². The highest BCUT2D eigenvalue weighted by molar-refractivity contribution is 6.39. The molecule has 136 valence electrons. The van der Waals surface area contributed by atoms with E-state index < -0.39 is 4.92 Å². The number of ether oxygens (including phenoxy) is 2. The number of benzene rings is 2. The van der Waals surface area contributed by atoms with Gasteiger partial charge in [-0.1, -0.05) is 0 Å². The largest absolute Gasteiger partial charge is 0.454 e. The third kappa shape index (κ3) is 2.99. The fourth-order valence-electron chi connectivity index (χ4n) is 2.95. The van der Waals surface area contributed by atoms with Crippen molar-refractivity contribution in [2.45, 2.75) is 6.42 Å². The number of fused-ring (bicyclic) bond motifs is 2. The average Bonchev–Trinajstić information content (AvgIpc) is 3.05. The van der Waals surface area contributed by atoms with Crippen molar-refractivity contribution in [3.63, 3.8) is 0 Å². The number of rotatable bonds is 3. The van der Waals surface area contributed by atoms with E-state index in [4.69, 9.17) is 9.47 Å². The Morgan fingerprint density at radius 3 is 2.52 bits per heavy atom. The molecule has 1 amide bonds. The molecule has 2 heterocycles. The van der Waals surface area contributed by atoms with Crippen LogP contribution in [0.15, 0.2) is 46.6 Å². The van der Waals surface area contributed by atoms with Crippen molar-refractivity contribution in [3.05, 3.63) is 63.2 Å². The average molecular weight is 366 g/mol. The summed E-state index contributed by atoms with van der Waals surface area (Å²) in [6.07, 6.45) is 0.269. The third-order valence-electron chi connectivity index (χ3n) is 4.32. The number of carbonyl (C=O) groups excluding carboxylic acids is 1. The fraction of sp³-hybridized carbons (Fsp3) is 0.167. The summed E-state index contributed by atoms with van der Waals surface area (Å²) in [7, 11) is 1.53. The van der Waals surface area contributed by atoms with Gasteiger partial charge in [-0.2, -0.15) is 0 Å². The van der Waals surface area contributed by atoms with E-state index in [0.29, 0.717) is 22.8 Å². The first-order chi connectivity index (χ1) is 13.1. The Kier molecular flexibility index (Phi) is 4.03. The van der Waals surface area contributed by atoms with Crippen LogP contribution in [0.3, 0.4) is 0 Å². The molecule has 0 spiro atoms. The van der Waals surface area contributed by atoms with E-state index in [9.17, 15) is 14.9 Å². The van der Waals surface area contributed by atoms with Gasteiger partial charge in [0.05, 0.1) is 4.92 Å². The Hall–Kier alpha value is -3.75. The minimum absolute atomic E-state index is 0.0200. The molecule has 4 rings (SSSR count). The Morgan fingerprint density at radius 1 is 1.15 bits per heavy atom. The van der Waals surface area contributed by atoms with Crippen LogP contribution in [-0.2, 0) is 11.2 Å². The standard InChI is InChI=1S/C18H14N4O5/c1-19-18(23)14-6-11-7-15-16(27-9-26-15)8-13(11)17(21-20-14)10-2-4-12(5-3-10)22(24)25/h2-5,7-8H,6,9H2,1H3,(H,19,23). The van der Waals surface area contributed by atoms with E-state index in [1.807, 2.05) is 6.07 Å². The zero-order valence-electron chi connectivity index (χ0n) is 14.3. The van der Waals surface area contributed by atoms with Crippen LogP contribution < -0.4 is 14.8 Å². The van der Waals surface area contributed by atoms with Gasteiger partial charge in [-0.15, -0.1) is 10.2 Å². The molecule has 2 aliphatic rings. The van der Waals surface area contributed by atoms with Crippen LogP contribution in [0.25, 0.3) is 0 Å². The van der Waals surface area contributed by atoms with Gasteiger partial charge >= 0.3 is 0 Å². The van der Waals surface area contributed by atoms with Crippen LogP contribution in [0, 0.1) is 10.1 Å². The van der Waals surface area contributed by atoms with Gasteiger partial charge in [-0.25, -0.2) is 0 Å². The Morgan fingerprint density at radius 2 is 1.85 bits per heavy atom. The van der Waals surface area contributed by atoms with Gasteiger partial charge < -0.3 is 14.8 Å². The lowest BCUT2D eigenvalue weighted by atomic mass is 9.94. The third-order valence-corrected chi connectivity index (χ3v) is 4.32. The summed E-state index contributed by atoms with van der Waals surface area (Å²) < 4.78 is 10.9. The van der Waals surface area contributed by atoms with Crippen molar-refractivity contribution in [1.29, 1.82) is 0 Å². The minimum Gasteiger partial charge on any atom is -0.454 e. The van der Waals surface area contributed by atoms with E-state index in [-0.39, 0.29) is 30.5 Å². The molecular formula is C18H14N4O5. The second-order valence-corrected chi connectivity index (χ2v) is 5.92. The van der Waals surface area contributed by atoms with E-state index in [1.54, 1.807) is 18.2 Å². The van der Waals surface area contributed by atoms with E-state index >= 15 is 0 Å². The number of nitro groups is 1. The maximum atomic E-state index is 12.1. The first-order valence-electron chi connectivity index (χ1n) is 8.11. The Bertz CT molecular complexity index is 1010. The maximum absolute atomic E-state index is 12.1. The van der Waals surface area contributed by atoms with Crippen LogP contribution in [0.1, 0.15) is 16.7 Å². The molecule has 0 fully saturated rings. The number of carbonyl (C=O) groups is 1. The van der Waals surface area contributed by atoms with Crippen molar-refractivity contribution in [3.8, 4) is 11.5 Å². The Labute approximate surface area is 153 Å². The van der Waals surface area contributed by atoms with Crippen molar-refractivity contribution >= 4 is 23.0 Å². The number of nitrogens with one attached hydrogen (secondary N) is 1. The molecule has 0 bridgehead atoms. The molecule has 9 nitrogen and oxygen atoms in total. The molecular weight excluding hydrogens is 352 g/mol. The lowest BCUT2D eigenvalue weighted by molar-refractivity contribution is -0.384. The quantitative estimate of drug-likeness (QED) is 0.657. The van der Waals surface area contributed by atoms with Crippen LogP contribution in [0.4, 0.5) is 5.69 Å². The first-order valence-corrected chi connectivity index (χ1v) is 8.11. The summed E-state index contributed by atoms with van der Waals surface area (Å²) in [5.74, 6) is 0.842. The van der Waals surface area contributed by atoms with Crippen molar-refractivity contribution < 1.29 is 19.2 Å². The first kappa shape index (κ1) is 16.7. The molecule has 0 aliphatic carbocycles. The van der Waals surface area contributed by atoms with E-state index in [1.165, 1.54) is 19.2 Å². The van der Waals surface area contributed by atoms with Gasteiger partial charge in [0, 0.05) is 36.7 Å². The smallest absolute Gasteiger partial charge is 0.269 e. The van der Waals surface area contributed by atoms with Crippen molar-refractivity contribution in [2.24, 2.45) is 10.2 Å². The van der Waals surface area contributed by atoms with E-state index in [0.717, 1.165) is 11.1 Å². The van der Waals surface area contributed by atoms with E-state index in [2.05, 4.69) is 15.5 Å². The second-order valence-electron chi connectivity index (χ2n) is 5.92. The zero-order valence-corrected chi connectivity index (χ0v) is 14.3. The molecule has 9 heteroatoms. The van der Waals surface area contributed by atoms with Crippen LogP contribution in [0.5, 0.6) is 11.5 Å². The Balaban J connectivity index is 1.86. The zero-order chi connectivity index (χ0) is 19.0. The van der Waals surface area contributed by atoms with Crippen molar-refractivity contribution in [1.82, 2.24) is 5.32 Å². The molecule has 0 atom stereocenters. The molecule has 0 saturated carbocycles. The topological polar surface area (TPSA) is 115 Å². The molecule has 0 saturated heterocycles. The number of non-ortho nitro benzene ring substituents is 1. The lowest BCUT2D eigenvalue weighted by Gasteiger charge is -2.11. The highest BCUT2D eigenvalue weighted by Crippen LogP contribution is 2.36. The van der Waals surface area contributed by atoms with Crippen LogP contribution in [0.2, 0.25) is 0 Å². The number of amides is 1. The van der Waals surface area contributed by atoms with Crippen LogP contribution >= 0.6 is 0 Å². The van der Waals surface area contributed by atoms with Gasteiger partial charge in [0.1, 0.15) is 11.4 Å². The van der Waals surface area contributed by atoms with Gasteiger partial charge in [0.15, 0.2) is 11.5 Å². The van der Waals surface area contributed by atoms with Crippen LogP contribution in [-0.4, -0.2) is 36.1 Å². The monoisotopic (exact) mass is 366 g/mol. The summed E-state index contributed by atoms with van der Waals surface area (Å²) in [6.45, 7) is 0.124. The normalized spacial score (nSPS) is 14.6. The molecule has 2 aromatic carbocycles. The predicted octanol–water partition coefficient (Wildman–Crippen LogP) is 1.82. The predicted molar refractivity (Wildman–Crippen MR) is 96.5 cm³/mol. The highest BCUT2D eigenvalue weighted by Gasteiger charge is 2.25. The summed E-state index contributed by atoms with van der Waals surface area (Å²) in [4.78, 5) is 22.5. The lowest BCUT2D eigenvalue weighted by Crippen LogP contribution is -2.28. The molecule has 2 aromatic rings. The molecule has 1 N–H and O–H groups in total. The molecule has 0 aromatic heterocycles. The van der Waals surface area contributed by atoms with Gasteiger partial charge in [0.25, 0.3) is 11.6 Å². The van der Waals surface area contributed by atoms with Crippen molar-refractivity contribution in [2.75, 3.05) is 13.8 Å². The maximum Gasteiger partial charge on any atom is 0.269 e. The molecule has 0 radical (unpaired) electrons. The molecule has 0 unspecified atom stereocenters. The minimum atomic E-state index is -0.466. The summed E-state index contributed by atoms with van der Waals surface area (Å²) >= 11 is 0. The number of nitro benzene ring substituents is 1. The highest BCUT2D eigenvalue weighted by atomic mass is 16.7. The van der Waals surface area contributed by atoms with Gasteiger partial charge in [-0.05, 0) is 29.8 Å². The molecule has 2 aliphatic heterocycles. The van der Waals surface area contributed by atoms with Gasteiger partial charge in [-0.3, -0.25) is 14.9 Å². The summed E-state index contributed by atoms with van der Waals surface area (Å²) in [5, 5.41) is 21.8. The number of hydrogen-bond acceptors (Lipinski definition) is 7. The summed E-state index contributed by atoms with van der Waals surface area (Å²) in [6, 6.07) is 9.61. The molecule has 27 heavy (non-hydrogen) atoms.